The van der Waals surface area contributed by atoms with Gasteiger partial charge in [0.2, 0.25) is 0 Å². The lowest BCUT2D eigenvalue weighted by atomic mass is 9.99. The Hall–Kier alpha value is -1.22. The van der Waals surface area contributed by atoms with Gasteiger partial charge in [-0.15, -0.1) is 24.0 Å². The quantitative estimate of drug-likeness (QED) is 0.296. The maximum absolute atomic E-state index is 5.44. The highest BCUT2D eigenvalue weighted by molar-refractivity contribution is 14.0. The van der Waals surface area contributed by atoms with Crippen LogP contribution in [0.4, 0.5) is 0 Å². The summed E-state index contributed by atoms with van der Waals surface area (Å²) >= 11 is 0. The topological polar surface area (TPSA) is 58.1 Å². The molecule has 26 heavy (non-hydrogen) atoms. The van der Waals surface area contributed by atoms with Gasteiger partial charge in [-0.2, -0.15) is 0 Å². The smallest absolute Gasteiger partial charge is 0.194 e. The van der Waals surface area contributed by atoms with Gasteiger partial charge in [0.15, 0.2) is 17.5 Å². The number of ether oxygens (including phenoxy) is 2. The first-order chi connectivity index (χ1) is 11.9. The zero-order chi connectivity index (χ0) is 18.4. The van der Waals surface area contributed by atoms with Crippen LogP contribution < -0.4 is 20.1 Å². The van der Waals surface area contributed by atoms with Crippen molar-refractivity contribution >= 4 is 29.9 Å². The Labute approximate surface area is 174 Å². The van der Waals surface area contributed by atoms with Crippen molar-refractivity contribution in [1.29, 1.82) is 0 Å². The molecule has 0 atom stereocenters. The number of nitrogens with zero attached hydrogens (tertiary/aromatic N) is 2. The Morgan fingerprint density at radius 1 is 1.12 bits per heavy atom. The first-order valence-electron chi connectivity index (χ1n) is 8.82. The van der Waals surface area contributed by atoms with Gasteiger partial charge in [0.1, 0.15) is 0 Å². The first kappa shape index (κ1) is 22.8. The zero-order valence-corrected chi connectivity index (χ0v) is 19.1. The lowest BCUT2D eigenvalue weighted by Crippen LogP contribution is -2.47. The Kier molecular flexibility index (Phi) is 8.95. The largest absolute Gasteiger partial charge is 0.493 e. The molecule has 0 bridgehead atoms. The number of hydrogen-bond acceptors (Lipinski definition) is 4. The highest BCUT2D eigenvalue weighted by Gasteiger charge is 2.21. The van der Waals surface area contributed by atoms with E-state index in [-0.39, 0.29) is 29.5 Å². The molecule has 0 amide bonds. The molecule has 2 N–H and O–H groups in total. The van der Waals surface area contributed by atoms with Crippen molar-refractivity contribution in [3.63, 3.8) is 0 Å². The van der Waals surface area contributed by atoms with Crippen molar-refractivity contribution in [1.82, 2.24) is 15.5 Å². The Bertz CT molecular complexity index is 614. The average Bonchev–Trinajstić information content (AvgIpc) is 2.59. The standard InChI is InChI=1S/C19H32N4O2.HI/c1-19(2,3)22-9-8-21-18(20-4)23-10-7-14-11-16(24-5)17(25-6)12-15(14)13-23;/h11-12,22H,7-10,13H2,1-6H3,(H,20,21);1H. The number of fused-ring (bicyclic) bond motifs is 1. The normalized spacial score (nSPS) is 14.4. The van der Waals surface area contributed by atoms with E-state index in [1.807, 2.05) is 7.05 Å². The average molecular weight is 476 g/mol. The van der Waals surface area contributed by atoms with Crippen molar-refractivity contribution < 1.29 is 9.47 Å². The molecule has 0 saturated carbocycles. The minimum Gasteiger partial charge on any atom is -0.493 e. The SMILES string of the molecule is CN=C(NCCNC(C)(C)C)N1CCc2cc(OC)c(OC)cc2C1.I. The highest BCUT2D eigenvalue weighted by atomic mass is 127. The van der Waals surface area contributed by atoms with Crippen LogP contribution in [0.3, 0.4) is 0 Å². The maximum atomic E-state index is 5.44. The maximum Gasteiger partial charge on any atom is 0.194 e. The number of hydrogen-bond donors (Lipinski definition) is 2. The third-order valence-electron chi connectivity index (χ3n) is 4.29. The number of nitrogens with one attached hydrogen (secondary N) is 2. The third kappa shape index (κ3) is 6.19. The van der Waals surface area contributed by atoms with Gasteiger partial charge in [0, 0.05) is 38.8 Å². The molecule has 1 aliphatic heterocycles. The van der Waals surface area contributed by atoms with E-state index in [4.69, 9.17) is 9.47 Å². The van der Waals surface area contributed by atoms with Crippen molar-refractivity contribution in [3.05, 3.63) is 23.3 Å². The van der Waals surface area contributed by atoms with E-state index in [2.05, 4.69) is 53.4 Å². The molecule has 0 aromatic heterocycles. The molecule has 1 aromatic rings. The molecule has 148 valence electrons. The van der Waals surface area contributed by atoms with Crippen molar-refractivity contribution in [2.24, 2.45) is 4.99 Å². The molecule has 1 aliphatic rings. The van der Waals surface area contributed by atoms with Crippen LogP contribution in [0.1, 0.15) is 31.9 Å². The molecule has 0 spiro atoms. The predicted octanol–water partition coefficient (Wildman–Crippen LogP) is 2.64. The van der Waals surface area contributed by atoms with E-state index in [9.17, 15) is 0 Å². The van der Waals surface area contributed by atoms with Crippen molar-refractivity contribution in [2.45, 2.75) is 39.3 Å². The molecule has 0 unspecified atom stereocenters. The lowest BCUT2D eigenvalue weighted by Gasteiger charge is -2.32. The van der Waals surface area contributed by atoms with Crippen LogP contribution in [0.15, 0.2) is 17.1 Å². The molecule has 2 rings (SSSR count). The predicted molar refractivity (Wildman–Crippen MR) is 118 cm³/mol. The molecular weight excluding hydrogens is 443 g/mol. The molecule has 1 heterocycles. The monoisotopic (exact) mass is 476 g/mol. The van der Waals surface area contributed by atoms with E-state index in [1.54, 1.807) is 14.2 Å². The number of aliphatic imine (C=N–C) groups is 1. The number of methoxy groups -OCH3 is 2. The molecular formula is C19H33IN4O2. The lowest BCUT2D eigenvalue weighted by molar-refractivity contribution is 0.345. The minimum absolute atomic E-state index is 0. The van der Waals surface area contributed by atoms with Gasteiger partial charge in [-0.1, -0.05) is 0 Å². The Morgan fingerprint density at radius 3 is 2.27 bits per heavy atom. The van der Waals surface area contributed by atoms with Crippen molar-refractivity contribution in [3.8, 4) is 11.5 Å². The first-order valence-corrected chi connectivity index (χ1v) is 8.82. The molecule has 7 heteroatoms. The number of rotatable bonds is 5. The fraction of sp³-hybridized carbons (Fsp3) is 0.632. The second kappa shape index (κ2) is 10.2. The molecule has 0 aliphatic carbocycles. The summed E-state index contributed by atoms with van der Waals surface area (Å²) in [6.07, 6.45) is 0.969. The molecule has 0 fully saturated rings. The molecule has 6 nitrogen and oxygen atoms in total. The van der Waals surface area contributed by atoms with E-state index in [0.29, 0.717) is 0 Å². The summed E-state index contributed by atoms with van der Waals surface area (Å²) in [5.74, 6) is 2.52. The van der Waals surface area contributed by atoms with Gasteiger partial charge in [0.25, 0.3) is 0 Å². The summed E-state index contributed by atoms with van der Waals surface area (Å²) in [7, 11) is 5.19. The molecule has 0 saturated heterocycles. The summed E-state index contributed by atoms with van der Waals surface area (Å²) in [5, 5.41) is 6.93. The van der Waals surface area contributed by atoms with Crippen LogP contribution >= 0.6 is 24.0 Å². The van der Waals surface area contributed by atoms with E-state index < -0.39 is 0 Å². The molecule has 1 aromatic carbocycles. The van der Waals surface area contributed by atoms with E-state index in [1.165, 1.54) is 11.1 Å². The second-order valence-corrected chi connectivity index (χ2v) is 7.30. The molecule has 0 radical (unpaired) electrons. The van der Waals surface area contributed by atoms with Crippen LogP contribution in [0.25, 0.3) is 0 Å². The summed E-state index contributed by atoms with van der Waals surface area (Å²) in [6, 6.07) is 4.17. The fourth-order valence-electron chi connectivity index (χ4n) is 3.01. The Balaban J connectivity index is 0.00000338. The van der Waals surface area contributed by atoms with E-state index >= 15 is 0 Å². The van der Waals surface area contributed by atoms with Gasteiger partial charge in [0.05, 0.1) is 14.2 Å². The van der Waals surface area contributed by atoms with E-state index in [0.717, 1.165) is 50.1 Å². The van der Waals surface area contributed by atoms with Crippen LogP contribution in [0.5, 0.6) is 11.5 Å². The van der Waals surface area contributed by atoms with Crippen molar-refractivity contribution in [2.75, 3.05) is 40.9 Å². The van der Waals surface area contributed by atoms with Gasteiger partial charge < -0.3 is 25.0 Å². The number of guanidine groups is 1. The Morgan fingerprint density at radius 2 is 1.73 bits per heavy atom. The highest BCUT2D eigenvalue weighted by Crippen LogP contribution is 2.33. The second-order valence-electron chi connectivity index (χ2n) is 7.30. The summed E-state index contributed by atoms with van der Waals surface area (Å²) in [6.45, 7) is 10.0. The summed E-state index contributed by atoms with van der Waals surface area (Å²) in [5.41, 5.74) is 2.71. The number of benzene rings is 1. The van der Waals surface area contributed by atoms with Gasteiger partial charge >= 0.3 is 0 Å². The van der Waals surface area contributed by atoms with Crippen LogP contribution in [0.2, 0.25) is 0 Å². The fourth-order valence-corrected chi connectivity index (χ4v) is 3.01. The zero-order valence-electron chi connectivity index (χ0n) is 16.8. The third-order valence-corrected chi connectivity index (χ3v) is 4.29. The summed E-state index contributed by atoms with van der Waals surface area (Å²) < 4.78 is 10.8. The van der Waals surface area contributed by atoms with Crippen LogP contribution in [0, 0.1) is 0 Å². The van der Waals surface area contributed by atoms with Crippen LogP contribution in [-0.2, 0) is 13.0 Å². The minimum atomic E-state index is 0. The van der Waals surface area contributed by atoms with Gasteiger partial charge in [-0.25, -0.2) is 0 Å². The van der Waals surface area contributed by atoms with Gasteiger partial charge in [-0.05, 0) is 50.5 Å². The summed E-state index contributed by atoms with van der Waals surface area (Å²) in [4.78, 5) is 6.73. The number of halogens is 1. The van der Waals surface area contributed by atoms with Crippen LogP contribution in [-0.4, -0.2) is 57.3 Å². The van der Waals surface area contributed by atoms with Gasteiger partial charge in [-0.3, -0.25) is 4.99 Å².